The molecule has 8 heteroatoms. The second-order valence-corrected chi connectivity index (χ2v) is 8.60. The van der Waals surface area contributed by atoms with Crippen LogP contribution in [0.15, 0.2) is 58.7 Å². The van der Waals surface area contributed by atoms with E-state index >= 15 is 0 Å². The number of amidine groups is 1. The predicted molar refractivity (Wildman–Crippen MR) is 133 cm³/mol. The van der Waals surface area contributed by atoms with Gasteiger partial charge < -0.3 is 25.0 Å². The predicted octanol–water partition coefficient (Wildman–Crippen LogP) is 3.33. The van der Waals surface area contributed by atoms with Gasteiger partial charge in [-0.3, -0.25) is 14.6 Å². The van der Waals surface area contributed by atoms with E-state index in [4.69, 9.17) is 9.47 Å². The Bertz CT molecular complexity index is 1150. The molecule has 1 fully saturated rings. The lowest BCUT2D eigenvalue weighted by atomic mass is 9.90. The van der Waals surface area contributed by atoms with E-state index < -0.39 is 5.54 Å². The first-order chi connectivity index (χ1) is 16.3. The maximum Gasteiger partial charge on any atom is 0.216 e. The average molecular weight is 463 g/mol. The van der Waals surface area contributed by atoms with Crippen molar-refractivity contribution in [2.45, 2.75) is 32.2 Å². The van der Waals surface area contributed by atoms with Gasteiger partial charge in [-0.1, -0.05) is 18.2 Å². The van der Waals surface area contributed by atoms with Crippen LogP contribution in [0.3, 0.4) is 0 Å². The number of fused-ring (bicyclic) bond motifs is 1. The minimum absolute atomic E-state index is 0.0458. The summed E-state index contributed by atoms with van der Waals surface area (Å²) >= 11 is 0. The molecule has 2 aromatic carbocycles. The zero-order chi connectivity index (χ0) is 24.5. The van der Waals surface area contributed by atoms with E-state index in [0.717, 1.165) is 22.6 Å². The first kappa shape index (κ1) is 23.4. The minimum atomic E-state index is -0.979. The molecule has 1 atom stereocenters. The number of Topliss-reactive ketones (excluding diaryl/α,β-unsaturated/α-hetero) is 1. The van der Waals surface area contributed by atoms with Crippen molar-refractivity contribution in [1.82, 2.24) is 5.32 Å². The number of allylic oxidation sites excluding steroid dienone is 1. The van der Waals surface area contributed by atoms with Crippen molar-refractivity contribution in [1.29, 1.82) is 0 Å². The Morgan fingerprint density at radius 3 is 2.44 bits per heavy atom. The first-order valence-electron chi connectivity index (χ1n) is 11.2. The molecule has 1 amide bonds. The fourth-order valence-corrected chi connectivity index (χ4v) is 4.68. The van der Waals surface area contributed by atoms with Crippen LogP contribution < -0.4 is 25.0 Å². The number of nitrogens with one attached hydrogen (secondary N) is 2. The van der Waals surface area contributed by atoms with Crippen LogP contribution in [0.5, 0.6) is 11.5 Å². The lowest BCUT2D eigenvalue weighted by molar-refractivity contribution is -0.120. The van der Waals surface area contributed by atoms with Crippen LogP contribution in [0.25, 0.3) is 0 Å². The summed E-state index contributed by atoms with van der Waals surface area (Å²) < 4.78 is 11.0. The Kier molecular flexibility index (Phi) is 6.32. The van der Waals surface area contributed by atoms with Gasteiger partial charge in [0.2, 0.25) is 5.91 Å². The van der Waals surface area contributed by atoms with E-state index in [-0.39, 0.29) is 11.7 Å². The fraction of sp³-hybridized carbons (Fsp3) is 0.346. The van der Waals surface area contributed by atoms with Crippen LogP contribution in [0.2, 0.25) is 0 Å². The molecule has 0 spiro atoms. The SMILES string of the molecule is CN=C1C(=C2Cc3ccccc3N2)C(=O)C(C)(CCNC(C)=O)N1c1cc(OC)cc(OC)c1. The molecule has 0 saturated carbocycles. The molecule has 0 aromatic heterocycles. The summed E-state index contributed by atoms with van der Waals surface area (Å²) in [5.74, 6) is 1.60. The topological polar surface area (TPSA) is 92.3 Å². The largest absolute Gasteiger partial charge is 0.497 e. The van der Waals surface area contributed by atoms with Crippen molar-refractivity contribution in [3.05, 3.63) is 59.3 Å². The number of rotatable bonds is 6. The molecule has 2 N–H and O–H groups in total. The van der Waals surface area contributed by atoms with Gasteiger partial charge in [0.25, 0.3) is 0 Å². The minimum Gasteiger partial charge on any atom is -0.497 e. The van der Waals surface area contributed by atoms with Crippen LogP contribution in [0.1, 0.15) is 25.8 Å². The van der Waals surface area contributed by atoms with Crippen molar-refractivity contribution in [2.24, 2.45) is 4.99 Å². The molecular weight excluding hydrogens is 432 g/mol. The number of carbonyl (C=O) groups is 2. The maximum atomic E-state index is 14.1. The Morgan fingerprint density at radius 1 is 1.18 bits per heavy atom. The number of benzene rings is 2. The molecular formula is C26H30N4O4. The summed E-state index contributed by atoms with van der Waals surface area (Å²) in [7, 11) is 4.87. The molecule has 1 unspecified atom stereocenters. The highest BCUT2D eigenvalue weighted by atomic mass is 16.5. The van der Waals surface area contributed by atoms with Gasteiger partial charge in [0.05, 0.1) is 25.5 Å². The normalized spacial score (nSPS) is 22.6. The molecule has 2 heterocycles. The molecule has 34 heavy (non-hydrogen) atoms. The Balaban J connectivity index is 1.86. The van der Waals surface area contributed by atoms with Crippen LogP contribution in [-0.2, 0) is 16.0 Å². The van der Waals surface area contributed by atoms with Gasteiger partial charge in [0.1, 0.15) is 22.9 Å². The molecule has 4 rings (SSSR count). The smallest absolute Gasteiger partial charge is 0.216 e. The molecule has 0 aliphatic carbocycles. The molecule has 1 saturated heterocycles. The van der Waals surface area contributed by atoms with E-state index in [2.05, 4.69) is 21.7 Å². The standard InChI is InChI=1S/C26H30N4O4/c1-16(31)28-11-10-26(2)24(32)23(22-12-17-8-6-7-9-21(17)29-22)25(27-3)30(26)18-13-19(33-4)15-20(14-18)34-5/h6-9,13-15,29H,10-12H2,1-5H3,(H,28,31). The second-order valence-electron chi connectivity index (χ2n) is 8.60. The summed E-state index contributed by atoms with van der Waals surface area (Å²) in [5, 5.41) is 6.26. The molecule has 2 aromatic rings. The van der Waals surface area contributed by atoms with Crippen LogP contribution >= 0.6 is 0 Å². The number of nitrogens with zero attached hydrogens (tertiary/aromatic N) is 2. The zero-order valence-corrected chi connectivity index (χ0v) is 20.2. The van der Waals surface area contributed by atoms with Crippen molar-refractivity contribution in [3.63, 3.8) is 0 Å². The zero-order valence-electron chi connectivity index (χ0n) is 20.2. The summed E-state index contributed by atoms with van der Waals surface area (Å²) in [5.41, 5.74) is 3.26. The van der Waals surface area contributed by atoms with Gasteiger partial charge in [0.15, 0.2) is 5.78 Å². The number of hydrogen-bond donors (Lipinski definition) is 2. The van der Waals surface area contributed by atoms with E-state index in [1.54, 1.807) is 27.3 Å². The molecule has 178 valence electrons. The Morgan fingerprint density at radius 2 is 1.85 bits per heavy atom. The van der Waals surface area contributed by atoms with E-state index in [0.29, 0.717) is 42.3 Å². The number of methoxy groups -OCH3 is 2. The molecule has 8 nitrogen and oxygen atoms in total. The number of anilines is 2. The third-order valence-corrected chi connectivity index (χ3v) is 6.41. The first-order valence-corrected chi connectivity index (χ1v) is 11.2. The summed E-state index contributed by atoms with van der Waals surface area (Å²) in [6.07, 6.45) is 1.01. The van der Waals surface area contributed by atoms with Crippen LogP contribution in [0.4, 0.5) is 11.4 Å². The van der Waals surface area contributed by atoms with E-state index in [1.165, 1.54) is 6.92 Å². The number of carbonyl (C=O) groups excluding carboxylic acids is 2. The van der Waals surface area contributed by atoms with Gasteiger partial charge in [-0.05, 0) is 25.0 Å². The quantitative estimate of drug-likeness (QED) is 0.640. The van der Waals surface area contributed by atoms with Crippen LogP contribution in [-0.4, -0.2) is 50.9 Å². The van der Waals surface area contributed by atoms with Gasteiger partial charge >= 0.3 is 0 Å². The maximum absolute atomic E-state index is 14.1. The number of ketones is 1. The third-order valence-electron chi connectivity index (χ3n) is 6.41. The third kappa shape index (κ3) is 4.00. The van der Waals surface area contributed by atoms with Gasteiger partial charge in [-0.25, -0.2) is 0 Å². The van der Waals surface area contributed by atoms with Crippen LogP contribution in [0, 0.1) is 0 Å². The van der Waals surface area contributed by atoms with Crippen molar-refractivity contribution in [2.75, 3.05) is 38.0 Å². The monoisotopic (exact) mass is 462 g/mol. The summed E-state index contributed by atoms with van der Waals surface area (Å²) in [6, 6.07) is 13.5. The van der Waals surface area contributed by atoms with E-state index in [9.17, 15) is 9.59 Å². The molecule has 2 aliphatic rings. The van der Waals surface area contributed by atoms with Gasteiger partial charge in [0, 0.05) is 56.5 Å². The summed E-state index contributed by atoms with van der Waals surface area (Å²) in [6.45, 7) is 3.71. The molecule has 2 aliphatic heterocycles. The molecule has 0 radical (unpaired) electrons. The lowest BCUT2D eigenvalue weighted by Gasteiger charge is -2.35. The highest BCUT2D eigenvalue weighted by molar-refractivity contribution is 6.37. The highest BCUT2D eigenvalue weighted by Crippen LogP contribution is 2.43. The van der Waals surface area contributed by atoms with Crippen molar-refractivity contribution in [3.8, 4) is 11.5 Å². The van der Waals surface area contributed by atoms with Gasteiger partial charge in [-0.15, -0.1) is 0 Å². The number of para-hydroxylation sites is 1. The Hall–Kier alpha value is -3.81. The second kappa shape index (κ2) is 9.21. The van der Waals surface area contributed by atoms with Crippen molar-refractivity contribution < 1.29 is 19.1 Å². The number of amides is 1. The van der Waals surface area contributed by atoms with Gasteiger partial charge in [-0.2, -0.15) is 0 Å². The number of ether oxygens (including phenoxy) is 2. The van der Waals surface area contributed by atoms with Crippen molar-refractivity contribution >= 4 is 28.9 Å². The van der Waals surface area contributed by atoms with E-state index in [1.807, 2.05) is 42.2 Å². The fourth-order valence-electron chi connectivity index (χ4n) is 4.68. The molecule has 0 bridgehead atoms. The summed E-state index contributed by atoms with van der Waals surface area (Å²) in [4.78, 5) is 32.2. The number of aliphatic imine (C=N–C) groups is 1. The average Bonchev–Trinajstić information content (AvgIpc) is 3.35. The Labute approximate surface area is 199 Å². The number of hydrogen-bond acceptors (Lipinski definition) is 6. The highest BCUT2D eigenvalue weighted by Gasteiger charge is 2.53. The lowest BCUT2D eigenvalue weighted by Crippen LogP contribution is -2.49.